The molecule has 1 aliphatic rings. The fourth-order valence-electron chi connectivity index (χ4n) is 3.23. The molecule has 1 aliphatic heterocycles. The Morgan fingerprint density at radius 1 is 1.43 bits per heavy atom. The van der Waals surface area contributed by atoms with E-state index in [1.807, 2.05) is 32.5 Å². The molecule has 118 valence electrons. The normalized spacial score (nSPS) is 20.7. The van der Waals surface area contributed by atoms with Gasteiger partial charge in [0.05, 0.1) is 11.1 Å². The molecule has 0 aliphatic carbocycles. The van der Waals surface area contributed by atoms with Crippen molar-refractivity contribution in [3.05, 3.63) is 17.0 Å². The smallest absolute Gasteiger partial charge is 0.309 e. The van der Waals surface area contributed by atoms with Crippen molar-refractivity contribution in [2.75, 3.05) is 13.1 Å². The number of piperidine rings is 1. The molecule has 0 saturated carbocycles. The van der Waals surface area contributed by atoms with E-state index in [9.17, 15) is 9.90 Å². The number of carboxylic acid groups (broad SMARTS) is 1. The Bertz CT molecular complexity index is 534. The van der Waals surface area contributed by atoms with Gasteiger partial charge in [0.1, 0.15) is 0 Å². The van der Waals surface area contributed by atoms with Gasteiger partial charge in [-0.15, -0.1) is 0 Å². The van der Waals surface area contributed by atoms with Crippen LogP contribution in [0.1, 0.15) is 43.6 Å². The Morgan fingerprint density at radius 2 is 2.10 bits per heavy atom. The highest BCUT2D eigenvalue weighted by molar-refractivity contribution is 5.74. The molecule has 0 amide bonds. The molecule has 1 fully saturated rings. The van der Waals surface area contributed by atoms with Crippen LogP contribution in [-0.4, -0.2) is 38.8 Å². The van der Waals surface area contributed by atoms with Crippen LogP contribution in [0.2, 0.25) is 0 Å². The maximum atomic E-state index is 11.5. The van der Waals surface area contributed by atoms with Gasteiger partial charge < -0.3 is 5.11 Å². The molecule has 2 rings (SSSR count). The molecule has 0 bridgehead atoms. The molecule has 0 aromatic carbocycles. The Morgan fingerprint density at radius 3 is 2.62 bits per heavy atom. The van der Waals surface area contributed by atoms with Crippen molar-refractivity contribution in [2.45, 2.75) is 47.1 Å². The number of likely N-dealkylation sites (tertiary alicyclic amines) is 1. The molecule has 1 N–H and O–H groups in total. The standard InChI is InChI=1S/C16H27N3O2/c1-11-14(12(2)18(5)17-11)10-19-8-6-7-13(9-19)16(3,4)15(20)21/h13H,6-10H2,1-5H3,(H,20,21). The summed E-state index contributed by atoms with van der Waals surface area (Å²) < 4.78 is 1.92. The first-order valence-corrected chi connectivity index (χ1v) is 7.68. The first kappa shape index (κ1) is 16.0. The maximum Gasteiger partial charge on any atom is 0.309 e. The summed E-state index contributed by atoms with van der Waals surface area (Å²) >= 11 is 0. The number of aryl methyl sites for hydroxylation is 2. The number of aromatic nitrogens is 2. The molecule has 5 nitrogen and oxygen atoms in total. The van der Waals surface area contributed by atoms with Crippen molar-refractivity contribution in [2.24, 2.45) is 18.4 Å². The first-order valence-electron chi connectivity index (χ1n) is 7.68. The van der Waals surface area contributed by atoms with E-state index in [2.05, 4.69) is 16.9 Å². The van der Waals surface area contributed by atoms with Gasteiger partial charge >= 0.3 is 5.97 Å². The first-order chi connectivity index (χ1) is 9.73. The minimum atomic E-state index is -0.692. The largest absolute Gasteiger partial charge is 0.481 e. The van der Waals surface area contributed by atoms with E-state index in [-0.39, 0.29) is 5.92 Å². The molecule has 0 radical (unpaired) electrons. The number of carboxylic acids is 1. The highest BCUT2D eigenvalue weighted by atomic mass is 16.4. The number of nitrogens with zero attached hydrogens (tertiary/aromatic N) is 3. The molecule has 0 spiro atoms. The highest BCUT2D eigenvalue weighted by Crippen LogP contribution is 2.34. The van der Waals surface area contributed by atoms with Gasteiger partial charge in [0.2, 0.25) is 0 Å². The zero-order valence-electron chi connectivity index (χ0n) is 13.8. The van der Waals surface area contributed by atoms with Crippen molar-refractivity contribution in [3.8, 4) is 0 Å². The quantitative estimate of drug-likeness (QED) is 0.926. The lowest BCUT2D eigenvalue weighted by molar-refractivity contribution is -0.151. The lowest BCUT2D eigenvalue weighted by atomic mass is 9.74. The zero-order chi connectivity index (χ0) is 15.8. The Labute approximate surface area is 126 Å². The molecule has 1 aromatic heterocycles. The van der Waals surface area contributed by atoms with Crippen LogP contribution < -0.4 is 0 Å². The van der Waals surface area contributed by atoms with Crippen LogP contribution in [-0.2, 0) is 18.4 Å². The third-order valence-corrected chi connectivity index (χ3v) is 5.12. The summed E-state index contributed by atoms with van der Waals surface area (Å²) in [4.78, 5) is 13.8. The Balaban J connectivity index is 2.10. The molecular weight excluding hydrogens is 266 g/mol. The second-order valence-electron chi connectivity index (χ2n) is 6.87. The van der Waals surface area contributed by atoms with Gasteiger partial charge in [0.15, 0.2) is 0 Å². The molecular formula is C16H27N3O2. The average molecular weight is 293 g/mol. The van der Waals surface area contributed by atoms with Crippen molar-refractivity contribution < 1.29 is 9.90 Å². The number of carbonyl (C=O) groups is 1. The van der Waals surface area contributed by atoms with Gasteiger partial charge in [0.25, 0.3) is 0 Å². The van der Waals surface area contributed by atoms with Crippen LogP contribution in [0.3, 0.4) is 0 Å². The van der Waals surface area contributed by atoms with Crippen LogP contribution in [0, 0.1) is 25.2 Å². The van der Waals surface area contributed by atoms with Gasteiger partial charge in [-0.2, -0.15) is 5.10 Å². The van der Waals surface area contributed by atoms with Gasteiger partial charge in [-0.3, -0.25) is 14.4 Å². The minimum Gasteiger partial charge on any atom is -0.481 e. The van der Waals surface area contributed by atoms with E-state index >= 15 is 0 Å². The van der Waals surface area contributed by atoms with Crippen molar-refractivity contribution in [3.63, 3.8) is 0 Å². The van der Waals surface area contributed by atoms with Gasteiger partial charge in [0, 0.05) is 31.4 Å². The van der Waals surface area contributed by atoms with E-state index in [4.69, 9.17) is 0 Å². The predicted octanol–water partition coefficient (Wildman–Crippen LogP) is 2.36. The average Bonchev–Trinajstić information content (AvgIpc) is 2.65. The van der Waals surface area contributed by atoms with E-state index in [1.165, 1.54) is 11.3 Å². The number of rotatable bonds is 4. The third kappa shape index (κ3) is 3.12. The number of hydrogen-bond acceptors (Lipinski definition) is 3. The van der Waals surface area contributed by atoms with E-state index in [0.717, 1.165) is 38.2 Å². The number of aliphatic carboxylic acids is 1. The van der Waals surface area contributed by atoms with E-state index in [0.29, 0.717) is 0 Å². The van der Waals surface area contributed by atoms with Crippen LogP contribution in [0.25, 0.3) is 0 Å². The molecule has 5 heteroatoms. The molecule has 1 unspecified atom stereocenters. The summed E-state index contributed by atoms with van der Waals surface area (Å²) in [5, 5.41) is 13.9. The maximum absolute atomic E-state index is 11.5. The summed E-state index contributed by atoms with van der Waals surface area (Å²) in [5.74, 6) is -0.482. The van der Waals surface area contributed by atoms with Crippen molar-refractivity contribution in [1.29, 1.82) is 0 Å². The summed E-state index contributed by atoms with van der Waals surface area (Å²) in [7, 11) is 1.97. The lowest BCUT2D eigenvalue weighted by Gasteiger charge is -2.39. The summed E-state index contributed by atoms with van der Waals surface area (Å²) in [6, 6.07) is 0. The van der Waals surface area contributed by atoms with E-state index in [1.54, 1.807) is 0 Å². The third-order valence-electron chi connectivity index (χ3n) is 5.12. The molecule has 2 heterocycles. The van der Waals surface area contributed by atoms with Crippen LogP contribution in [0.15, 0.2) is 0 Å². The van der Waals surface area contributed by atoms with Crippen LogP contribution in [0.4, 0.5) is 0 Å². The topological polar surface area (TPSA) is 58.4 Å². The second-order valence-corrected chi connectivity index (χ2v) is 6.87. The van der Waals surface area contributed by atoms with Crippen molar-refractivity contribution in [1.82, 2.24) is 14.7 Å². The minimum absolute atomic E-state index is 0.209. The highest BCUT2D eigenvalue weighted by Gasteiger charge is 2.39. The summed E-state index contributed by atoms with van der Waals surface area (Å²) in [6.45, 7) is 10.6. The molecule has 21 heavy (non-hydrogen) atoms. The molecule has 1 saturated heterocycles. The lowest BCUT2D eigenvalue weighted by Crippen LogP contribution is -2.44. The van der Waals surface area contributed by atoms with Crippen LogP contribution in [0.5, 0.6) is 0 Å². The van der Waals surface area contributed by atoms with Gasteiger partial charge in [-0.1, -0.05) is 0 Å². The van der Waals surface area contributed by atoms with Gasteiger partial charge in [-0.25, -0.2) is 0 Å². The fourth-order valence-corrected chi connectivity index (χ4v) is 3.23. The van der Waals surface area contributed by atoms with Crippen LogP contribution >= 0.6 is 0 Å². The summed E-state index contributed by atoms with van der Waals surface area (Å²) in [6.07, 6.45) is 2.07. The molecule has 1 atom stereocenters. The Hall–Kier alpha value is -1.36. The predicted molar refractivity (Wildman–Crippen MR) is 82.1 cm³/mol. The zero-order valence-corrected chi connectivity index (χ0v) is 13.8. The SMILES string of the molecule is Cc1nn(C)c(C)c1CN1CCCC(C(C)(C)C(=O)O)C1. The molecule has 1 aromatic rings. The van der Waals surface area contributed by atoms with Crippen molar-refractivity contribution >= 4 is 5.97 Å². The summed E-state index contributed by atoms with van der Waals surface area (Å²) in [5.41, 5.74) is 2.91. The fraction of sp³-hybridized carbons (Fsp3) is 0.750. The second kappa shape index (κ2) is 5.79. The number of hydrogen-bond donors (Lipinski definition) is 1. The Kier molecular flexibility index (Phi) is 4.42. The monoisotopic (exact) mass is 293 g/mol. The van der Waals surface area contributed by atoms with E-state index < -0.39 is 11.4 Å². The van der Waals surface area contributed by atoms with Gasteiger partial charge in [-0.05, 0) is 53.0 Å².